The minimum absolute atomic E-state index is 0. The summed E-state index contributed by atoms with van der Waals surface area (Å²) in [4.78, 5) is 18.0. The van der Waals surface area contributed by atoms with Gasteiger partial charge >= 0.3 is 0 Å². The SMILES string of the molecule is CC(C)Cc1ccc(-c2[c-]ccc(-c3ccccc3)c2)nc1.CC(C)Cc1ccc(-c2[c-]cccc2)nc1.CC(C)Cc1ccnc(-c2[c-]ccc(-c3ccccc3)c2)c1.CC(C)Cc1ccnc(-c2[c-]cccc2)c1.[Ir].[Ir].[Ir].[Ir]. The van der Waals surface area contributed by atoms with Gasteiger partial charge in [0.25, 0.3) is 0 Å². The number of hydrogen-bond donors (Lipinski definition) is 0. The van der Waals surface area contributed by atoms with Crippen molar-refractivity contribution in [1.29, 1.82) is 0 Å². The molecular weight excluding hydrogens is 1690 g/mol. The van der Waals surface area contributed by atoms with Crippen LogP contribution in [0.25, 0.3) is 67.3 Å². The predicted octanol–water partition coefficient (Wildman–Crippen LogP) is 18.3. The molecule has 0 saturated heterocycles. The molecule has 0 saturated carbocycles. The molecular formula is C72H72Ir4N4-4. The quantitative estimate of drug-likeness (QED) is 0.102. The number of hydrogen-bond acceptors (Lipinski definition) is 4. The Morgan fingerprint density at radius 1 is 0.287 bits per heavy atom. The molecule has 4 aromatic heterocycles. The molecule has 8 heteroatoms. The van der Waals surface area contributed by atoms with E-state index in [-0.39, 0.29) is 80.4 Å². The zero-order valence-electron chi connectivity index (χ0n) is 47.0. The van der Waals surface area contributed by atoms with Crippen molar-refractivity contribution in [3.63, 3.8) is 0 Å². The van der Waals surface area contributed by atoms with Gasteiger partial charge in [-0.1, -0.05) is 164 Å². The van der Waals surface area contributed by atoms with Crippen LogP contribution < -0.4 is 0 Å². The van der Waals surface area contributed by atoms with Crippen LogP contribution in [0.5, 0.6) is 0 Å². The van der Waals surface area contributed by atoms with Crippen LogP contribution in [0.2, 0.25) is 0 Å². The Bertz CT molecular complexity index is 3240. The van der Waals surface area contributed by atoms with Crippen molar-refractivity contribution in [3.8, 4) is 67.3 Å². The van der Waals surface area contributed by atoms with E-state index in [9.17, 15) is 0 Å². The van der Waals surface area contributed by atoms with Gasteiger partial charge in [-0.3, -0.25) is 0 Å². The molecule has 0 aliphatic heterocycles. The summed E-state index contributed by atoms with van der Waals surface area (Å²) in [7, 11) is 0. The summed E-state index contributed by atoms with van der Waals surface area (Å²) in [5.74, 6) is 2.65. The fourth-order valence-corrected chi connectivity index (χ4v) is 8.75. The predicted molar refractivity (Wildman–Crippen MR) is 319 cm³/mol. The van der Waals surface area contributed by atoms with Gasteiger partial charge in [-0.05, 0) is 107 Å². The second-order valence-electron chi connectivity index (χ2n) is 20.9. The first-order chi connectivity index (χ1) is 36.9. The third-order valence-corrected chi connectivity index (χ3v) is 12.2. The molecule has 4 radical (unpaired) electrons. The van der Waals surface area contributed by atoms with Crippen LogP contribution in [0.3, 0.4) is 0 Å². The van der Waals surface area contributed by atoms with Crippen LogP contribution in [0.4, 0.5) is 0 Å². The molecule has 0 N–H and O–H groups in total. The van der Waals surface area contributed by atoms with Crippen LogP contribution in [-0.2, 0) is 106 Å². The number of nitrogens with zero attached hydrogens (tertiary/aromatic N) is 4. The minimum Gasteiger partial charge on any atom is -0.305 e. The zero-order valence-corrected chi connectivity index (χ0v) is 56.6. The van der Waals surface area contributed by atoms with E-state index in [1.54, 1.807) is 0 Å². The Kier molecular flexibility index (Phi) is 31.6. The Labute approximate surface area is 533 Å². The molecule has 4 heterocycles. The second kappa shape index (κ2) is 36.8. The van der Waals surface area contributed by atoms with Crippen molar-refractivity contribution in [3.05, 3.63) is 265 Å². The summed E-state index contributed by atoms with van der Waals surface area (Å²) >= 11 is 0. The molecule has 0 aliphatic carbocycles. The molecule has 0 amide bonds. The molecule has 10 aromatic rings. The molecule has 0 atom stereocenters. The van der Waals surface area contributed by atoms with Gasteiger partial charge in [-0.25, -0.2) is 0 Å². The largest absolute Gasteiger partial charge is 0.305 e. The van der Waals surface area contributed by atoms with E-state index in [0.717, 1.165) is 70.7 Å². The van der Waals surface area contributed by atoms with E-state index in [0.29, 0.717) is 23.7 Å². The summed E-state index contributed by atoms with van der Waals surface area (Å²) in [6.45, 7) is 17.8. The van der Waals surface area contributed by atoms with Crippen molar-refractivity contribution in [1.82, 2.24) is 19.9 Å². The molecule has 0 fully saturated rings. The maximum atomic E-state index is 4.61. The van der Waals surface area contributed by atoms with Crippen LogP contribution in [0.1, 0.15) is 77.6 Å². The van der Waals surface area contributed by atoms with E-state index in [1.165, 1.54) is 44.5 Å². The molecule has 420 valence electrons. The zero-order chi connectivity index (χ0) is 53.5. The summed E-state index contributed by atoms with van der Waals surface area (Å²) in [6, 6.07) is 79.2. The van der Waals surface area contributed by atoms with Crippen LogP contribution >= 0.6 is 0 Å². The number of rotatable bonds is 14. The van der Waals surface area contributed by atoms with Gasteiger partial charge in [0.2, 0.25) is 0 Å². The Balaban J connectivity index is 0.000000279. The van der Waals surface area contributed by atoms with Crippen LogP contribution in [0, 0.1) is 47.9 Å². The normalized spacial score (nSPS) is 10.2. The fourth-order valence-electron chi connectivity index (χ4n) is 8.75. The molecule has 0 unspecified atom stereocenters. The van der Waals surface area contributed by atoms with Gasteiger partial charge < -0.3 is 19.9 Å². The standard InChI is InChI=1S/2C21H20N.2C15H16N.4Ir/c1-16(2)13-17-11-12-21(22-15-17)20-10-6-9-19(14-20)18-7-4-3-5-8-18;1-16(2)13-17-11-12-22-21(14-17)20-10-6-9-19(15-20)18-7-4-3-5-8-18;1-12(2)10-13-8-9-16-15(11-13)14-6-4-3-5-7-14;1-12(2)10-13-8-9-15(16-11-13)14-6-4-3-5-7-14;;;;/h2*3-9,11-12,14-16H,13H2,1-2H3;2*3-6,8-9,11-12H,10H2,1-2H3;;;;/q4*-1;;;;. The van der Waals surface area contributed by atoms with Crippen molar-refractivity contribution in [2.24, 2.45) is 23.7 Å². The third kappa shape index (κ3) is 23.2. The topological polar surface area (TPSA) is 51.6 Å². The van der Waals surface area contributed by atoms with E-state index in [1.807, 2.05) is 97.6 Å². The van der Waals surface area contributed by atoms with E-state index >= 15 is 0 Å². The molecule has 0 aliphatic rings. The van der Waals surface area contributed by atoms with Crippen molar-refractivity contribution in [2.45, 2.75) is 81.1 Å². The molecule has 0 spiro atoms. The number of pyridine rings is 4. The molecule has 6 aromatic carbocycles. The summed E-state index contributed by atoms with van der Waals surface area (Å²) in [5, 5.41) is 0. The Hall–Kier alpha value is -5.48. The van der Waals surface area contributed by atoms with Gasteiger partial charge in [0, 0.05) is 105 Å². The van der Waals surface area contributed by atoms with Gasteiger partial charge in [-0.2, -0.15) is 0 Å². The van der Waals surface area contributed by atoms with E-state index in [4.69, 9.17) is 0 Å². The van der Waals surface area contributed by atoms with Gasteiger partial charge in [0.05, 0.1) is 0 Å². The first-order valence-electron chi connectivity index (χ1n) is 26.8. The molecule has 4 nitrogen and oxygen atoms in total. The van der Waals surface area contributed by atoms with Crippen molar-refractivity contribution < 1.29 is 80.4 Å². The molecule has 0 bridgehead atoms. The third-order valence-electron chi connectivity index (χ3n) is 12.2. The summed E-state index contributed by atoms with van der Waals surface area (Å²) in [6.07, 6.45) is 12.1. The smallest absolute Gasteiger partial charge is 0.0192 e. The molecule has 10 rings (SSSR count). The monoisotopic (exact) mass is 1760 g/mol. The maximum absolute atomic E-state index is 4.61. The second-order valence-corrected chi connectivity index (χ2v) is 20.9. The first kappa shape index (κ1) is 68.8. The Morgan fingerprint density at radius 3 is 1.01 bits per heavy atom. The number of aromatic nitrogens is 4. The molecule has 80 heavy (non-hydrogen) atoms. The average Bonchev–Trinajstić information content (AvgIpc) is 3.45. The van der Waals surface area contributed by atoms with E-state index < -0.39 is 0 Å². The van der Waals surface area contributed by atoms with Crippen molar-refractivity contribution in [2.75, 3.05) is 0 Å². The summed E-state index contributed by atoms with van der Waals surface area (Å²) in [5.41, 5.74) is 18.3. The summed E-state index contributed by atoms with van der Waals surface area (Å²) < 4.78 is 0. The maximum Gasteiger partial charge on any atom is 0.0192 e. The minimum atomic E-state index is 0. The van der Waals surface area contributed by atoms with Gasteiger partial charge in [-0.15, -0.1) is 143 Å². The Morgan fingerprint density at radius 2 is 0.637 bits per heavy atom. The van der Waals surface area contributed by atoms with E-state index in [2.05, 4.69) is 221 Å². The van der Waals surface area contributed by atoms with Gasteiger partial charge in [0.1, 0.15) is 0 Å². The first-order valence-corrected chi connectivity index (χ1v) is 26.8. The fraction of sp³-hybridized carbons (Fsp3) is 0.222. The van der Waals surface area contributed by atoms with Crippen LogP contribution in [-0.4, -0.2) is 19.9 Å². The average molecular weight is 1760 g/mol. The number of benzene rings is 6. The van der Waals surface area contributed by atoms with Crippen LogP contribution in [0.15, 0.2) is 219 Å². The van der Waals surface area contributed by atoms with Gasteiger partial charge in [0.15, 0.2) is 0 Å². The van der Waals surface area contributed by atoms with Crippen molar-refractivity contribution >= 4 is 0 Å².